The van der Waals surface area contributed by atoms with Crippen molar-refractivity contribution in [2.24, 2.45) is 5.11 Å². The maximum absolute atomic E-state index is 11.2. The van der Waals surface area contributed by atoms with Gasteiger partial charge in [-0.2, -0.15) is 8.42 Å². The average molecular weight is 270 g/mol. The number of hydrogen-bond acceptors (Lipinski definition) is 4. The van der Waals surface area contributed by atoms with Crippen LogP contribution in [0.5, 0.6) is 0 Å². The molecule has 0 aliphatic rings. The second-order valence-corrected chi connectivity index (χ2v) is 5.38. The fraction of sp³-hybridized carbons (Fsp3) is 0.400. The summed E-state index contributed by atoms with van der Waals surface area (Å²) in [5, 5.41) is 6.35. The topological polar surface area (TPSA) is 115 Å². The molecule has 0 saturated heterocycles. The van der Waals surface area contributed by atoms with Crippen LogP contribution in [0.3, 0.4) is 0 Å². The summed E-state index contributed by atoms with van der Waals surface area (Å²) in [6.07, 6.45) is 0. The molecule has 8 heteroatoms. The van der Waals surface area contributed by atoms with E-state index in [0.717, 1.165) is 6.07 Å². The Morgan fingerprint density at radius 3 is 2.67 bits per heavy atom. The van der Waals surface area contributed by atoms with E-state index in [2.05, 4.69) is 15.3 Å². The average Bonchev–Trinajstić information content (AvgIpc) is 2.26. The van der Waals surface area contributed by atoms with E-state index in [1.807, 2.05) is 13.8 Å². The number of azide groups is 1. The van der Waals surface area contributed by atoms with E-state index < -0.39 is 10.1 Å². The second-order valence-electron chi connectivity index (χ2n) is 3.99. The number of benzene rings is 1. The van der Waals surface area contributed by atoms with Crippen molar-refractivity contribution in [2.45, 2.75) is 31.3 Å². The Morgan fingerprint density at radius 1 is 1.50 bits per heavy atom. The monoisotopic (exact) mass is 270 g/mol. The Labute approximate surface area is 105 Å². The van der Waals surface area contributed by atoms with Gasteiger partial charge in [-0.1, -0.05) is 31.1 Å². The van der Waals surface area contributed by atoms with Crippen molar-refractivity contribution in [3.8, 4) is 0 Å². The van der Waals surface area contributed by atoms with Crippen LogP contribution < -0.4 is 5.32 Å². The molecule has 2 N–H and O–H groups in total. The number of nitrogens with one attached hydrogen (secondary N) is 1. The first-order chi connectivity index (χ1) is 8.34. The highest BCUT2D eigenvalue weighted by Gasteiger charge is 2.15. The Bertz CT molecular complexity index is 577. The van der Waals surface area contributed by atoms with Gasteiger partial charge in [-0.3, -0.25) is 4.55 Å². The molecule has 18 heavy (non-hydrogen) atoms. The maximum atomic E-state index is 11.2. The van der Waals surface area contributed by atoms with Gasteiger partial charge in [0.05, 0.1) is 4.90 Å². The van der Waals surface area contributed by atoms with E-state index in [4.69, 9.17) is 10.1 Å². The molecule has 0 fully saturated rings. The molecule has 0 aliphatic carbocycles. The maximum Gasteiger partial charge on any atom is 0.294 e. The summed E-state index contributed by atoms with van der Waals surface area (Å²) in [4.78, 5) is 2.32. The highest BCUT2D eigenvalue weighted by atomic mass is 32.2. The second kappa shape index (κ2) is 5.83. The van der Waals surface area contributed by atoms with Crippen molar-refractivity contribution >= 4 is 15.8 Å². The predicted octanol–water partition coefficient (Wildman–Crippen LogP) is 2.37. The molecule has 0 aliphatic heterocycles. The third kappa shape index (κ3) is 4.01. The summed E-state index contributed by atoms with van der Waals surface area (Å²) < 4.78 is 31.6. The smallest absolute Gasteiger partial charge is 0.294 e. The highest BCUT2D eigenvalue weighted by Crippen LogP contribution is 2.22. The van der Waals surface area contributed by atoms with E-state index in [1.165, 1.54) is 12.1 Å². The quantitative estimate of drug-likeness (QED) is 0.370. The van der Waals surface area contributed by atoms with Crippen molar-refractivity contribution in [3.05, 3.63) is 34.2 Å². The lowest BCUT2D eigenvalue weighted by Gasteiger charge is -2.11. The molecule has 0 radical (unpaired) electrons. The van der Waals surface area contributed by atoms with Crippen molar-refractivity contribution in [1.82, 2.24) is 5.32 Å². The third-order valence-corrected chi connectivity index (χ3v) is 3.13. The summed E-state index contributed by atoms with van der Waals surface area (Å²) in [6, 6.07) is 4.32. The zero-order valence-corrected chi connectivity index (χ0v) is 10.8. The van der Waals surface area contributed by atoms with Crippen LogP contribution in [0.25, 0.3) is 10.4 Å². The van der Waals surface area contributed by atoms with E-state index in [-0.39, 0.29) is 16.6 Å². The largest absolute Gasteiger partial charge is 0.310 e. The lowest BCUT2D eigenvalue weighted by atomic mass is 10.2. The molecule has 0 unspecified atom stereocenters. The lowest BCUT2D eigenvalue weighted by Crippen LogP contribution is -2.23. The number of rotatable bonds is 5. The van der Waals surface area contributed by atoms with Crippen LogP contribution in [0, 0.1) is 0 Å². The van der Waals surface area contributed by atoms with Crippen molar-refractivity contribution in [1.29, 1.82) is 0 Å². The molecule has 0 spiro atoms. The van der Waals surface area contributed by atoms with Gasteiger partial charge in [0.2, 0.25) is 0 Å². The van der Waals surface area contributed by atoms with Crippen LogP contribution >= 0.6 is 0 Å². The standard InChI is InChI=1S/C10H14N4O3S/c1-7(2)12-6-8-3-4-9(13-14-11)5-10(8)18(15,16)17/h3-5,7,12H,6H2,1-2H3,(H,15,16,17). The van der Waals surface area contributed by atoms with Crippen LogP contribution in [0.2, 0.25) is 0 Å². The van der Waals surface area contributed by atoms with Crippen LogP contribution in [0.1, 0.15) is 19.4 Å². The Balaban J connectivity index is 3.21. The van der Waals surface area contributed by atoms with Gasteiger partial charge in [-0.05, 0) is 17.2 Å². The van der Waals surface area contributed by atoms with E-state index in [0.29, 0.717) is 12.1 Å². The molecule has 0 saturated carbocycles. The lowest BCUT2D eigenvalue weighted by molar-refractivity contribution is 0.480. The van der Waals surface area contributed by atoms with Gasteiger partial charge in [0.15, 0.2) is 0 Å². The molecule has 0 atom stereocenters. The Morgan fingerprint density at radius 2 is 2.17 bits per heavy atom. The predicted molar refractivity (Wildman–Crippen MR) is 67.0 cm³/mol. The summed E-state index contributed by atoms with van der Waals surface area (Å²) in [5.74, 6) is 0. The highest BCUT2D eigenvalue weighted by molar-refractivity contribution is 7.85. The first kappa shape index (κ1) is 14.5. The molecule has 1 rings (SSSR count). The molecule has 98 valence electrons. The fourth-order valence-corrected chi connectivity index (χ4v) is 2.10. The third-order valence-electron chi connectivity index (χ3n) is 2.19. The summed E-state index contributed by atoms with van der Waals surface area (Å²) in [5.41, 5.74) is 8.85. The van der Waals surface area contributed by atoms with Gasteiger partial charge >= 0.3 is 0 Å². The molecule has 7 nitrogen and oxygen atoms in total. The van der Waals surface area contributed by atoms with Crippen LogP contribution in [-0.2, 0) is 16.7 Å². The Kier molecular flexibility index (Phi) is 4.69. The minimum absolute atomic E-state index is 0.137. The van der Waals surface area contributed by atoms with Crippen molar-refractivity contribution in [2.75, 3.05) is 0 Å². The van der Waals surface area contributed by atoms with Gasteiger partial charge in [0.1, 0.15) is 0 Å². The normalized spacial score (nSPS) is 11.3. The van der Waals surface area contributed by atoms with Crippen LogP contribution in [-0.4, -0.2) is 19.0 Å². The fourth-order valence-electron chi connectivity index (χ4n) is 1.36. The zero-order chi connectivity index (χ0) is 13.8. The molecule has 1 aromatic carbocycles. The molecule has 0 heterocycles. The van der Waals surface area contributed by atoms with Gasteiger partial charge in [0, 0.05) is 23.2 Å². The van der Waals surface area contributed by atoms with E-state index in [1.54, 1.807) is 0 Å². The van der Waals surface area contributed by atoms with Gasteiger partial charge in [0.25, 0.3) is 10.1 Å². The van der Waals surface area contributed by atoms with Crippen molar-refractivity contribution in [3.63, 3.8) is 0 Å². The molecule has 0 aromatic heterocycles. The zero-order valence-electron chi connectivity index (χ0n) is 10.0. The summed E-state index contributed by atoms with van der Waals surface area (Å²) >= 11 is 0. The molecule has 0 bridgehead atoms. The minimum Gasteiger partial charge on any atom is -0.310 e. The minimum atomic E-state index is -4.35. The molecule has 1 aromatic rings. The number of hydrogen-bond donors (Lipinski definition) is 2. The van der Waals surface area contributed by atoms with Gasteiger partial charge in [-0.25, -0.2) is 0 Å². The van der Waals surface area contributed by atoms with E-state index in [9.17, 15) is 8.42 Å². The van der Waals surface area contributed by atoms with Crippen LogP contribution in [0.4, 0.5) is 5.69 Å². The Hall–Kier alpha value is -1.60. The summed E-state index contributed by atoms with van der Waals surface area (Å²) in [6.45, 7) is 4.13. The van der Waals surface area contributed by atoms with Gasteiger partial charge in [-0.15, -0.1) is 0 Å². The first-order valence-corrected chi connectivity index (χ1v) is 6.67. The molecular formula is C10H14N4O3S. The molecular weight excluding hydrogens is 256 g/mol. The van der Waals surface area contributed by atoms with Crippen molar-refractivity contribution < 1.29 is 13.0 Å². The van der Waals surface area contributed by atoms with Crippen LogP contribution in [0.15, 0.2) is 28.2 Å². The van der Waals surface area contributed by atoms with E-state index >= 15 is 0 Å². The molecule has 0 amide bonds. The summed E-state index contributed by atoms with van der Waals surface area (Å²) in [7, 11) is -4.35. The number of nitrogens with zero attached hydrogens (tertiary/aromatic N) is 3. The van der Waals surface area contributed by atoms with Gasteiger partial charge < -0.3 is 5.32 Å². The SMILES string of the molecule is CC(C)NCc1ccc(N=[N+]=[N-])cc1S(=O)(=O)O. The first-order valence-electron chi connectivity index (χ1n) is 5.23.